The predicted molar refractivity (Wildman–Crippen MR) is 79.1 cm³/mol. The summed E-state index contributed by atoms with van der Waals surface area (Å²) in [5.41, 5.74) is 0.854. The first-order valence-electron chi connectivity index (χ1n) is 6.82. The van der Waals surface area contributed by atoms with Crippen LogP contribution in [0, 0.1) is 10.1 Å². The van der Waals surface area contributed by atoms with Crippen LogP contribution < -0.4 is 10.6 Å². The van der Waals surface area contributed by atoms with Gasteiger partial charge in [0.15, 0.2) is 0 Å². The molecule has 0 heterocycles. The summed E-state index contributed by atoms with van der Waals surface area (Å²) in [6.07, 6.45) is 1.71. The van der Waals surface area contributed by atoms with Gasteiger partial charge in [-0.15, -0.1) is 0 Å². The number of nitrogens with zero attached hydrogens (tertiary/aromatic N) is 1. The smallest absolute Gasteiger partial charge is 0.270 e. The molecule has 1 aromatic carbocycles. The number of hydrogen-bond acceptors (Lipinski definition) is 4. The Kier molecular flexibility index (Phi) is 5.96. The molecule has 0 bridgehead atoms. The molecular weight excluding hydrogens is 258 g/mol. The molecule has 0 radical (unpaired) electrons. The normalized spacial score (nSPS) is 11.8. The molecule has 110 valence electrons. The van der Waals surface area contributed by atoms with E-state index in [4.69, 9.17) is 0 Å². The maximum atomic E-state index is 12.2. The fourth-order valence-electron chi connectivity index (χ4n) is 1.65. The number of nitro groups is 1. The van der Waals surface area contributed by atoms with Crippen molar-refractivity contribution in [3.8, 4) is 0 Å². The first kappa shape index (κ1) is 15.9. The minimum atomic E-state index is -0.496. The molecular formula is C14H21N3O3. The first-order chi connectivity index (χ1) is 9.49. The number of carbonyl (C=O) groups is 1. The minimum Gasteiger partial charge on any atom is -0.384 e. The van der Waals surface area contributed by atoms with E-state index in [-0.39, 0.29) is 17.6 Å². The van der Waals surface area contributed by atoms with E-state index in [9.17, 15) is 14.9 Å². The van der Waals surface area contributed by atoms with Crippen LogP contribution >= 0.6 is 0 Å². The molecule has 0 spiro atoms. The lowest BCUT2D eigenvalue weighted by atomic mass is 10.1. The summed E-state index contributed by atoms with van der Waals surface area (Å²) in [6, 6.07) is 4.33. The van der Waals surface area contributed by atoms with Crippen molar-refractivity contribution >= 4 is 17.3 Å². The molecule has 0 aliphatic rings. The molecule has 20 heavy (non-hydrogen) atoms. The number of amides is 1. The lowest BCUT2D eigenvalue weighted by molar-refractivity contribution is -0.384. The Hall–Kier alpha value is -2.11. The van der Waals surface area contributed by atoms with E-state index < -0.39 is 4.92 Å². The minimum absolute atomic E-state index is 0.0285. The summed E-state index contributed by atoms with van der Waals surface area (Å²) >= 11 is 0. The second kappa shape index (κ2) is 7.47. The van der Waals surface area contributed by atoms with Crippen molar-refractivity contribution in [1.82, 2.24) is 5.32 Å². The second-order valence-corrected chi connectivity index (χ2v) is 4.70. The SMILES string of the molecule is CCCNc1ccc([N+](=O)[O-])cc1C(=O)NC(C)CC. The molecule has 1 atom stereocenters. The highest BCUT2D eigenvalue weighted by molar-refractivity contribution is 6.00. The highest BCUT2D eigenvalue weighted by atomic mass is 16.6. The van der Waals surface area contributed by atoms with Gasteiger partial charge in [-0.1, -0.05) is 13.8 Å². The number of non-ortho nitro benzene ring substituents is 1. The van der Waals surface area contributed by atoms with Gasteiger partial charge >= 0.3 is 0 Å². The van der Waals surface area contributed by atoms with Crippen molar-refractivity contribution < 1.29 is 9.72 Å². The molecule has 0 fully saturated rings. The quantitative estimate of drug-likeness (QED) is 0.593. The molecule has 1 amide bonds. The number of hydrogen-bond donors (Lipinski definition) is 2. The maximum absolute atomic E-state index is 12.2. The number of nitrogens with one attached hydrogen (secondary N) is 2. The summed E-state index contributed by atoms with van der Waals surface area (Å²) in [5, 5.41) is 16.8. The largest absolute Gasteiger partial charge is 0.384 e. The monoisotopic (exact) mass is 279 g/mol. The van der Waals surface area contributed by atoms with Gasteiger partial charge in [0.05, 0.1) is 10.5 Å². The molecule has 6 nitrogen and oxygen atoms in total. The zero-order chi connectivity index (χ0) is 15.1. The Morgan fingerprint density at radius 3 is 2.65 bits per heavy atom. The van der Waals surface area contributed by atoms with E-state index in [1.807, 2.05) is 20.8 Å². The maximum Gasteiger partial charge on any atom is 0.270 e. The Labute approximate surface area is 118 Å². The van der Waals surface area contributed by atoms with E-state index in [2.05, 4.69) is 10.6 Å². The average Bonchev–Trinajstić information content (AvgIpc) is 2.44. The Morgan fingerprint density at radius 2 is 2.10 bits per heavy atom. The van der Waals surface area contributed by atoms with E-state index in [0.29, 0.717) is 17.8 Å². The summed E-state index contributed by atoms with van der Waals surface area (Å²) in [7, 11) is 0. The van der Waals surface area contributed by atoms with Crippen LogP contribution in [0.2, 0.25) is 0 Å². The van der Waals surface area contributed by atoms with Gasteiger partial charge in [-0.25, -0.2) is 0 Å². The van der Waals surface area contributed by atoms with Crippen molar-refractivity contribution in [3.63, 3.8) is 0 Å². The first-order valence-corrected chi connectivity index (χ1v) is 6.82. The topological polar surface area (TPSA) is 84.3 Å². The zero-order valence-corrected chi connectivity index (χ0v) is 12.1. The van der Waals surface area contributed by atoms with Gasteiger partial charge in [0, 0.05) is 30.4 Å². The molecule has 0 aliphatic carbocycles. The summed E-state index contributed by atoms with van der Waals surface area (Å²) in [6.45, 7) is 6.59. The third-order valence-electron chi connectivity index (χ3n) is 3.01. The number of anilines is 1. The lowest BCUT2D eigenvalue weighted by Crippen LogP contribution is -2.32. The van der Waals surface area contributed by atoms with Crippen LogP contribution in [-0.4, -0.2) is 23.4 Å². The zero-order valence-electron chi connectivity index (χ0n) is 12.1. The van der Waals surface area contributed by atoms with Gasteiger partial charge in [0.25, 0.3) is 11.6 Å². The van der Waals surface area contributed by atoms with Gasteiger partial charge in [-0.05, 0) is 25.8 Å². The van der Waals surface area contributed by atoms with Crippen molar-refractivity contribution in [1.29, 1.82) is 0 Å². The summed E-state index contributed by atoms with van der Waals surface area (Å²) in [4.78, 5) is 22.5. The second-order valence-electron chi connectivity index (χ2n) is 4.70. The summed E-state index contributed by atoms with van der Waals surface area (Å²) < 4.78 is 0. The lowest BCUT2D eigenvalue weighted by Gasteiger charge is -2.15. The van der Waals surface area contributed by atoms with Crippen molar-refractivity contribution in [2.24, 2.45) is 0 Å². The highest BCUT2D eigenvalue weighted by Crippen LogP contribution is 2.22. The van der Waals surface area contributed by atoms with Crippen molar-refractivity contribution in [2.75, 3.05) is 11.9 Å². The van der Waals surface area contributed by atoms with E-state index in [0.717, 1.165) is 12.8 Å². The van der Waals surface area contributed by atoms with Crippen molar-refractivity contribution in [3.05, 3.63) is 33.9 Å². The molecule has 6 heteroatoms. The van der Waals surface area contributed by atoms with Gasteiger partial charge < -0.3 is 10.6 Å². The molecule has 0 saturated carbocycles. The molecule has 0 aliphatic heterocycles. The Morgan fingerprint density at radius 1 is 1.40 bits per heavy atom. The number of rotatable bonds is 7. The standard InChI is InChI=1S/C14H21N3O3/c1-4-8-15-13-7-6-11(17(19)20)9-12(13)14(18)16-10(3)5-2/h6-7,9-10,15H,4-5,8H2,1-3H3,(H,16,18). The van der Waals surface area contributed by atoms with Crippen molar-refractivity contribution in [2.45, 2.75) is 39.7 Å². The molecule has 0 aromatic heterocycles. The number of carbonyl (C=O) groups excluding carboxylic acids is 1. The number of nitro benzene ring substituents is 1. The van der Waals surface area contributed by atoms with Crippen LogP contribution in [-0.2, 0) is 0 Å². The fraction of sp³-hybridized carbons (Fsp3) is 0.500. The van der Waals surface area contributed by atoms with Gasteiger partial charge in [0.1, 0.15) is 0 Å². The van der Waals surface area contributed by atoms with Gasteiger partial charge in [-0.3, -0.25) is 14.9 Å². The van der Waals surface area contributed by atoms with Gasteiger partial charge in [-0.2, -0.15) is 0 Å². The molecule has 1 rings (SSSR count). The number of benzene rings is 1. The van der Waals surface area contributed by atoms with Crippen LogP contribution in [0.5, 0.6) is 0 Å². The summed E-state index contributed by atoms with van der Waals surface area (Å²) in [5.74, 6) is -0.290. The average molecular weight is 279 g/mol. The fourth-order valence-corrected chi connectivity index (χ4v) is 1.65. The molecule has 0 saturated heterocycles. The third kappa shape index (κ3) is 4.22. The van der Waals surface area contributed by atoms with E-state index in [1.54, 1.807) is 6.07 Å². The van der Waals surface area contributed by atoms with Crippen LogP contribution in [0.4, 0.5) is 11.4 Å². The van der Waals surface area contributed by atoms with Crippen LogP contribution in [0.3, 0.4) is 0 Å². The highest BCUT2D eigenvalue weighted by Gasteiger charge is 2.17. The van der Waals surface area contributed by atoms with Crippen LogP contribution in [0.15, 0.2) is 18.2 Å². The Bertz CT molecular complexity index is 489. The molecule has 1 unspecified atom stereocenters. The molecule has 2 N–H and O–H groups in total. The van der Waals surface area contributed by atoms with Crippen LogP contribution in [0.1, 0.15) is 44.0 Å². The van der Waals surface area contributed by atoms with E-state index >= 15 is 0 Å². The molecule has 1 aromatic rings. The Balaban J connectivity index is 3.06. The predicted octanol–water partition coefficient (Wildman–Crippen LogP) is 2.95. The third-order valence-corrected chi connectivity index (χ3v) is 3.01. The van der Waals surface area contributed by atoms with Crippen LogP contribution in [0.25, 0.3) is 0 Å². The van der Waals surface area contributed by atoms with E-state index in [1.165, 1.54) is 12.1 Å². The van der Waals surface area contributed by atoms with Gasteiger partial charge in [0.2, 0.25) is 0 Å².